The van der Waals surface area contributed by atoms with E-state index in [9.17, 15) is 0 Å². The molecule has 0 heterocycles. The van der Waals surface area contributed by atoms with Gasteiger partial charge in [-0.25, -0.2) is 0 Å². The molecule has 0 saturated heterocycles. The Morgan fingerprint density at radius 2 is 1.38 bits per heavy atom. The fourth-order valence-corrected chi connectivity index (χ4v) is 1.33. The smallest absolute Gasteiger partial charge is 0.0702 e. The number of unbranched alkanes of at least 4 members (excludes halogenated alkanes) is 6. The maximum atomic E-state index is 8.59. The van der Waals surface area contributed by atoms with E-state index in [1.165, 1.54) is 19.3 Å². The second-order valence-corrected chi connectivity index (χ2v) is 3.88. The molecule has 16 heavy (non-hydrogen) atoms. The third-order valence-corrected chi connectivity index (χ3v) is 2.26. The number of aliphatic hydroxyl groups excluding tert-OH is 1. The van der Waals surface area contributed by atoms with Crippen molar-refractivity contribution < 1.29 is 5.11 Å². The maximum absolute atomic E-state index is 8.59. The molecule has 0 aromatic carbocycles. The van der Waals surface area contributed by atoms with Crippen molar-refractivity contribution in [2.75, 3.05) is 6.61 Å². The summed E-state index contributed by atoms with van der Waals surface area (Å²) in [5.41, 5.74) is 0. The zero-order valence-corrected chi connectivity index (χ0v) is 10.5. The Balaban J connectivity index is 3.19. The van der Waals surface area contributed by atoms with E-state index in [2.05, 4.69) is 30.6 Å². The minimum atomic E-state index is 0.330. The van der Waals surface area contributed by atoms with Gasteiger partial charge in [-0.05, 0) is 19.3 Å². The molecule has 1 heteroatoms. The van der Waals surface area contributed by atoms with Gasteiger partial charge in [-0.1, -0.05) is 38.0 Å². The van der Waals surface area contributed by atoms with Crippen molar-refractivity contribution in [1.29, 1.82) is 0 Å². The molecule has 0 radical (unpaired) electrons. The van der Waals surface area contributed by atoms with Gasteiger partial charge < -0.3 is 5.11 Å². The van der Waals surface area contributed by atoms with E-state index in [0.717, 1.165) is 38.5 Å². The highest BCUT2D eigenvalue weighted by Gasteiger charge is 1.87. The Bertz CT molecular complexity index is 246. The fraction of sp³-hybridized carbons (Fsp3) is 0.733. The standard InChI is InChI=1S/C15H24O/c1-2-3-4-5-6-7-8-9-10-11-12-13-14-15-16/h16H,2-3,6,9-15H2,1H3. The lowest BCUT2D eigenvalue weighted by molar-refractivity contribution is 0.282. The molecule has 0 amide bonds. The van der Waals surface area contributed by atoms with Crippen LogP contribution < -0.4 is 0 Å². The second-order valence-electron chi connectivity index (χ2n) is 3.88. The predicted molar refractivity (Wildman–Crippen MR) is 69.9 cm³/mol. The zero-order valence-electron chi connectivity index (χ0n) is 10.5. The van der Waals surface area contributed by atoms with Gasteiger partial charge in [0.1, 0.15) is 0 Å². The monoisotopic (exact) mass is 220 g/mol. The van der Waals surface area contributed by atoms with Gasteiger partial charge in [-0.3, -0.25) is 0 Å². The van der Waals surface area contributed by atoms with Crippen LogP contribution in [0.2, 0.25) is 0 Å². The largest absolute Gasteiger partial charge is 0.396 e. The highest BCUT2D eigenvalue weighted by Crippen LogP contribution is 2.04. The first kappa shape index (κ1) is 15.1. The van der Waals surface area contributed by atoms with E-state index in [4.69, 9.17) is 5.11 Å². The Labute approximate surface area is 101 Å². The van der Waals surface area contributed by atoms with Crippen LogP contribution >= 0.6 is 0 Å². The Kier molecular flexibility index (Phi) is 13.3. The van der Waals surface area contributed by atoms with Crippen molar-refractivity contribution in [2.24, 2.45) is 0 Å². The molecule has 90 valence electrons. The minimum absolute atomic E-state index is 0.330. The summed E-state index contributed by atoms with van der Waals surface area (Å²) in [6.45, 7) is 2.47. The highest BCUT2D eigenvalue weighted by molar-refractivity contribution is 5.11. The number of hydrogen-bond acceptors (Lipinski definition) is 1. The van der Waals surface area contributed by atoms with Gasteiger partial charge in [0.05, 0.1) is 6.42 Å². The van der Waals surface area contributed by atoms with E-state index in [1.807, 2.05) is 0 Å². The third kappa shape index (κ3) is 13.1. The number of aliphatic hydroxyl groups is 1. The van der Waals surface area contributed by atoms with E-state index in [-0.39, 0.29) is 0 Å². The first-order valence-electron chi connectivity index (χ1n) is 6.44. The molecule has 0 bridgehead atoms. The minimum Gasteiger partial charge on any atom is -0.396 e. The lowest BCUT2D eigenvalue weighted by Crippen LogP contribution is -1.83. The average molecular weight is 220 g/mol. The topological polar surface area (TPSA) is 20.2 Å². The van der Waals surface area contributed by atoms with Gasteiger partial charge in [0.15, 0.2) is 0 Å². The Hall–Kier alpha value is -0.920. The normalized spacial score (nSPS) is 8.88. The van der Waals surface area contributed by atoms with E-state index >= 15 is 0 Å². The summed E-state index contributed by atoms with van der Waals surface area (Å²) in [6, 6.07) is 0. The van der Waals surface area contributed by atoms with Gasteiger partial charge in [0.2, 0.25) is 0 Å². The summed E-state index contributed by atoms with van der Waals surface area (Å²) >= 11 is 0. The number of hydrogen-bond donors (Lipinski definition) is 1. The summed E-state index contributed by atoms with van der Waals surface area (Å²) in [5, 5.41) is 8.59. The van der Waals surface area contributed by atoms with Crippen LogP contribution in [0.4, 0.5) is 0 Å². The molecule has 0 fully saturated rings. The molecule has 1 N–H and O–H groups in total. The highest BCUT2D eigenvalue weighted by atomic mass is 16.2. The SMILES string of the molecule is CCCC#CCC#CCCCCCCCO. The zero-order chi connectivity index (χ0) is 11.9. The van der Waals surface area contributed by atoms with Crippen molar-refractivity contribution in [1.82, 2.24) is 0 Å². The second kappa shape index (κ2) is 14.1. The first-order chi connectivity index (χ1) is 7.91. The van der Waals surface area contributed by atoms with E-state index in [1.54, 1.807) is 0 Å². The van der Waals surface area contributed by atoms with Crippen LogP contribution in [-0.4, -0.2) is 11.7 Å². The van der Waals surface area contributed by atoms with Crippen LogP contribution in [-0.2, 0) is 0 Å². The molecule has 1 nitrogen and oxygen atoms in total. The van der Waals surface area contributed by atoms with Crippen molar-refractivity contribution in [2.45, 2.75) is 64.7 Å². The quantitative estimate of drug-likeness (QED) is 0.514. The summed E-state index contributed by atoms with van der Waals surface area (Å²) in [6.07, 6.45) is 9.57. The van der Waals surface area contributed by atoms with Gasteiger partial charge in [0, 0.05) is 19.4 Å². The van der Waals surface area contributed by atoms with Crippen LogP contribution in [0.3, 0.4) is 0 Å². The summed E-state index contributed by atoms with van der Waals surface area (Å²) in [4.78, 5) is 0. The lowest BCUT2D eigenvalue weighted by atomic mass is 10.1. The molecule has 0 unspecified atom stereocenters. The predicted octanol–water partition coefficient (Wildman–Crippen LogP) is 3.52. The van der Waals surface area contributed by atoms with Crippen molar-refractivity contribution in [3.63, 3.8) is 0 Å². The molecule has 0 atom stereocenters. The van der Waals surface area contributed by atoms with Crippen LogP contribution in [0.1, 0.15) is 64.7 Å². The van der Waals surface area contributed by atoms with Gasteiger partial charge >= 0.3 is 0 Å². The molecule has 0 spiro atoms. The molecule has 0 aliphatic heterocycles. The van der Waals surface area contributed by atoms with Crippen LogP contribution in [0.25, 0.3) is 0 Å². The summed E-state index contributed by atoms with van der Waals surface area (Å²) < 4.78 is 0. The first-order valence-corrected chi connectivity index (χ1v) is 6.44. The fourth-order valence-electron chi connectivity index (χ4n) is 1.33. The van der Waals surface area contributed by atoms with E-state index < -0.39 is 0 Å². The molecule has 0 aromatic rings. The van der Waals surface area contributed by atoms with Crippen LogP contribution in [0.15, 0.2) is 0 Å². The van der Waals surface area contributed by atoms with Crippen LogP contribution in [0, 0.1) is 23.7 Å². The van der Waals surface area contributed by atoms with Gasteiger partial charge in [0.25, 0.3) is 0 Å². The molecule has 0 aliphatic carbocycles. The maximum Gasteiger partial charge on any atom is 0.0702 e. The summed E-state index contributed by atoms with van der Waals surface area (Å²) in [5.74, 6) is 12.4. The molecular formula is C15H24O. The average Bonchev–Trinajstić information content (AvgIpc) is 2.31. The molecule has 0 aromatic heterocycles. The number of rotatable bonds is 7. The Morgan fingerprint density at radius 1 is 0.750 bits per heavy atom. The third-order valence-electron chi connectivity index (χ3n) is 2.26. The van der Waals surface area contributed by atoms with E-state index in [0.29, 0.717) is 6.61 Å². The molecular weight excluding hydrogens is 196 g/mol. The molecule has 0 aliphatic rings. The van der Waals surface area contributed by atoms with Gasteiger partial charge in [-0.15, -0.1) is 11.8 Å². The van der Waals surface area contributed by atoms with Crippen LogP contribution in [0.5, 0.6) is 0 Å². The molecule has 0 saturated carbocycles. The Morgan fingerprint density at radius 3 is 2.06 bits per heavy atom. The van der Waals surface area contributed by atoms with Crippen molar-refractivity contribution in [3.05, 3.63) is 0 Å². The van der Waals surface area contributed by atoms with Gasteiger partial charge in [-0.2, -0.15) is 0 Å². The molecule has 0 rings (SSSR count). The summed E-state index contributed by atoms with van der Waals surface area (Å²) in [7, 11) is 0. The van der Waals surface area contributed by atoms with Crippen molar-refractivity contribution in [3.8, 4) is 23.7 Å². The van der Waals surface area contributed by atoms with Crippen molar-refractivity contribution >= 4 is 0 Å². The lowest BCUT2D eigenvalue weighted by Gasteiger charge is -1.95.